The van der Waals surface area contributed by atoms with Crippen molar-refractivity contribution in [1.82, 2.24) is 10.2 Å². The highest BCUT2D eigenvalue weighted by atomic mass is 32.2. The van der Waals surface area contributed by atoms with Gasteiger partial charge in [-0.3, -0.25) is 9.82 Å². The molecule has 17 heavy (non-hydrogen) atoms. The number of aromatic amines is 1. The first-order valence-corrected chi connectivity index (χ1v) is 6.07. The van der Waals surface area contributed by atoms with Crippen molar-refractivity contribution in [2.45, 2.75) is 31.7 Å². The average Bonchev–Trinajstić information content (AvgIpc) is 2.48. The summed E-state index contributed by atoms with van der Waals surface area (Å²) in [4.78, 5) is 0. The van der Waals surface area contributed by atoms with Crippen LogP contribution in [0.25, 0.3) is 0 Å². The lowest BCUT2D eigenvalue weighted by Crippen LogP contribution is -2.30. The summed E-state index contributed by atoms with van der Waals surface area (Å²) in [5.41, 5.74) is -5.19. The lowest BCUT2D eigenvalue weighted by molar-refractivity contribution is -0.0429. The predicted octanol–water partition coefficient (Wildman–Crippen LogP) is 1.97. The number of hydrogen-bond acceptors (Lipinski definition) is 3. The van der Waals surface area contributed by atoms with E-state index < -0.39 is 15.5 Å². The summed E-state index contributed by atoms with van der Waals surface area (Å²) in [5.74, 6) is -0.382. The van der Waals surface area contributed by atoms with Crippen LogP contribution in [0.2, 0.25) is 0 Å². The summed E-state index contributed by atoms with van der Waals surface area (Å²) in [6, 6.07) is 1.23. The Labute approximate surface area is 96.5 Å². The highest BCUT2D eigenvalue weighted by molar-refractivity contribution is 7.93. The Bertz CT molecular complexity index is 499. The zero-order chi connectivity index (χ0) is 13.5. The molecule has 0 amide bonds. The monoisotopic (exact) mass is 271 g/mol. The van der Waals surface area contributed by atoms with Crippen molar-refractivity contribution >= 4 is 15.8 Å². The molecule has 9 heteroatoms. The largest absolute Gasteiger partial charge is 0.516 e. The van der Waals surface area contributed by atoms with E-state index in [1.807, 2.05) is 20.8 Å². The molecule has 0 fully saturated rings. The topological polar surface area (TPSA) is 74.8 Å². The number of H-pyrrole nitrogens is 1. The van der Waals surface area contributed by atoms with Gasteiger partial charge in [-0.15, -0.1) is 0 Å². The number of alkyl halides is 3. The molecule has 0 saturated carbocycles. The molecule has 0 aliphatic carbocycles. The Kier molecular flexibility index (Phi) is 3.17. The van der Waals surface area contributed by atoms with Gasteiger partial charge in [-0.05, 0) is 0 Å². The van der Waals surface area contributed by atoms with E-state index >= 15 is 0 Å². The quantitative estimate of drug-likeness (QED) is 0.863. The fourth-order valence-corrected chi connectivity index (χ4v) is 1.45. The molecule has 1 rings (SSSR count). The van der Waals surface area contributed by atoms with Crippen LogP contribution in [0.4, 0.5) is 19.0 Å². The molecule has 0 saturated heterocycles. The summed E-state index contributed by atoms with van der Waals surface area (Å²) in [6.45, 7) is 5.42. The Morgan fingerprint density at radius 1 is 1.29 bits per heavy atom. The lowest BCUT2D eigenvalue weighted by Gasteiger charge is -2.14. The van der Waals surface area contributed by atoms with Gasteiger partial charge in [0, 0.05) is 17.2 Å². The Morgan fingerprint density at radius 2 is 1.82 bits per heavy atom. The first-order valence-electron chi connectivity index (χ1n) is 4.58. The van der Waals surface area contributed by atoms with Crippen molar-refractivity contribution in [2.24, 2.45) is 0 Å². The van der Waals surface area contributed by atoms with E-state index in [0.717, 1.165) is 0 Å². The maximum atomic E-state index is 12.1. The van der Waals surface area contributed by atoms with Gasteiger partial charge in [0.15, 0.2) is 5.82 Å². The minimum atomic E-state index is -5.42. The normalized spacial score (nSPS) is 13.8. The molecule has 0 aromatic carbocycles. The first kappa shape index (κ1) is 13.8. The molecule has 98 valence electrons. The number of halogens is 3. The summed E-state index contributed by atoms with van der Waals surface area (Å²) >= 11 is 0. The van der Waals surface area contributed by atoms with Crippen LogP contribution in [0.1, 0.15) is 26.5 Å². The number of nitrogens with zero attached hydrogens (tertiary/aromatic N) is 1. The Balaban J connectivity index is 2.96. The van der Waals surface area contributed by atoms with Crippen molar-refractivity contribution in [3.8, 4) is 0 Å². The third-order valence-electron chi connectivity index (χ3n) is 1.93. The third kappa shape index (κ3) is 3.11. The SMILES string of the molecule is CC(C)(C)c1cc(NS(=O)(=O)C(F)(F)F)n[nH]1. The van der Waals surface area contributed by atoms with Gasteiger partial charge < -0.3 is 0 Å². The molecule has 0 radical (unpaired) electrons. The summed E-state index contributed by atoms with van der Waals surface area (Å²) in [5, 5.41) is 5.94. The summed E-state index contributed by atoms with van der Waals surface area (Å²) in [6.07, 6.45) is 0. The maximum Gasteiger partial charge on any atom is 0.516 e. The Hall–Kier alpha value is -1.25. The predicted molar refractivity (Wildman–Crippen MR) is 55.9 cm³/mol. The van der Waals surface area contributed by atoms with E-state index in [0.29, 0.717) is 5.69 Å². The van der Waals surface area contributed by atoms with Gasteiger partial charge in [-0.25, -0.2) is 0 Å². The number of aromatic nitrogens is 2. The molecule has 1 aromatic heterocycles. The molecule has 0 aliphatic rings. The first-order chi connectivity index (χ1) is 7.43. The van der Waals surface area contributed by atoms with E-state index in [1.54, 1.807) is 0 Å². The highest BCUT2D eigenvalue weighted by Crippen LogP contribution is 2.27. The van der Waals surface area contributed by atoms with Gasteiger partial charge >= 0.3 is 15.5 Å². The fraction of sp³-hybridized carbons (Fsp3) is 0.625. The molecule has 0 spiro atoms. The third-order valence-corrected chi connectivity index (χ3v) is 3.02. The van der Waals surface area contributed by atoms with Crippen molar-refractivity contribution in [3.63, 3.8) is 0 Å². The van der Waals surface area contributed by atoms with E-state index in [9.17, 15) is 21.6 Å². The molecular weight excluding hydrogens is 259 g/mol. The van der Waals surface area contributed by atoms with E-state index in [-0.39, 0.29) is 11.2 Å². The van der Waals surface area contributed by atoms with E-state index in [4.69, 9.17) is 0 Å². The number of nitrogens with one attached hydrogen (secondary N) is 2. The van der Waals surface area contributed by atoms with Gasteiger partial charge in [0.25, 0.3) is 0 Å². The van der Waals surface area contributed by atoms with Crippen LogP contribution in [-0.4, -0.2) is 24.1 Å². The van der Waals surface area contributed by atoms with Crippen LogP contribution in [0.3, 0.4) is 0 Å². The number of sulfonamides is 1. The molecule has 0 aliphatic heterocycles. The molecule has 0 unspecified atom stereocenters. The van der Waals surface area contributed by atoms with Crippen LogP contribution in [0.15, 0.2) is 6.07 Å². The van der Waals surface area contributed by atoms with Crippen LogP contribution < -0.4 is 4.72 Å². The standard InChI is InChI=1S/C8H12F3N3O2S/c1-7(2,3)5-4-6(13-12-5)14-17(15,16)8(9,10)11/h4H,1-3H3,(H2,12,13,14). The van der Waals surface area contributed by atoms with Crippen LogP contribution in [-0.2, 0) is 15.4 Å². The van der Waals surface area contributed by atoms with Crippen molar-refractivity contribution < 1.29 is 21.6 Å². The zero-order valence-corrected chi connectivity index (χ0v) is 10.2. The van der Waals surface area contributed by atoms with Crippen LogP contribution in [0.5, 0.6) is 0 Å². The highest BCUT2D eigenvalue weighted by Gasteiger charge is 2.46. The number of rotatable bonds is 2. The second-order valence-electron chi connectivity index (χ2n) is 4.47. The molecule has 2 N–H and O–H groups in total. The Morgan fingerprint density at radius 3 is 2.18 bits per heavy atom. The summed E-state index contributed by atoms with van der Waals surface area (Å²) < 4.78 is 59.2. The maximum absolute atomic E-state index is 12.1. The minimum absolute atomic E-state index is 0.366. The lowest BCUT2D eigenvalue weighted by atomic mass is 9.92. The van der Waals surface area contributed by atoms with Crippen molar-refractivity contribution in [2.75, 3.05) is 4.72 Å². The average molecular weight is 271 g/mol. The van der Waals surface area contributed by atoms with Crippen molar-refractivity contribution in [1.29, 1.82) is 0 Å². The molecule has 0 bridgehead atoms. The van der Waals surface area contributed by atoms with Crippen LogP contribution in [0, 0.1) is 0 Å². The smallest absolute Gasteiger partial charge is 0.280 e. The van der Waals surface area contributed by atoms with Gasteiger partial charge in [0.2, 0.25) is 0 Å². The van der Waals surface area contributed by atoms with Gasteiger partial charge in [-0.2, -0.15) is 26.7 Å². The zero-order valence-electron chi connectivity index (χ0n) is 9.38. The van der Waals surface area contributed by atoms with E-state index in [1.165, 1.54) is 10.8 Å². The van der Waals surface area contributed by atoms with Crippen molar-refractivity contribution in [3.05, 3.63) is 11.8 Å². The molecule has 5 nitrogen and oxygen atoms in total. The minimum Gasteiger partial charge on any atom is -0.280 e. The van der Waals surface area contributed by atoms with Crippen LogP contribution >= 0.6 is 0 Å². The number of anilines is 1. The second kappa shape index (κ2) is 3.90. The van der Waals surface area contributed by atoms with E-state index in [2.05, 4.69) is 10.2 Å². The molecule has 0 atom stereocenters. The second-order valence-corrected chi connectivity index (χ2v) is 6.14. The molecular formula is C8H12F3N3O2S. The van der Waals surface area contributed by atoms with Gasteiger partial charge in [0.1, 0.15) is 0 Å². The number of hydrogen-bond donors (Lipinski definition) is 2. The van der Waals surface area contributed by atoms with Gasteiger partial charge in [0.05, 0.1) is 0 Å². The molecule has 1 heterocycles. The summed E-state index contributed by atoms with van der Waals surface area (Å²) in [7, 11) is -5.42. The van der Waals surface area contributed by atoms with Gasteiger partial charge in [-0.1, -0.05) is 20.8 Å². The molecule has 1 aromatic rings. The fourth-order valence-electron chi connectivity index (χ4n) is 0.954.